The Morgan fingerprint density at radius 2 is 1.53 bits per heavy atom. The van der Waals surface area contributed by atoms with Crippen LogP contribution in [0, 0.1) is 6.92 Å². The van der Waals surface area contributed by atoms with Crippen molar-refractivity contribution in [1.82, 2.24) is 10.2 Å². The molecule has 0 aromatic heterocycles. The smallest absolute Gasteiger partial charge is 0.264 e. The van der Waals surface area contributed by atoms with Gasteiger partial charge in [0.1, 0.15) is 18.3 Å². The highest BCUT2D eigenvalue weighted by Gasteiger charge is 2.35. The second-order valence-corrected chi connectivity index (χ2v) is 13.7. The third-order valence-corrected chi connectivity index (χ3v) is 9.99. The van der Waals surface area contributed by atoms with Crippen LogP contribution in [0.2, 0.25) is 10.0 Å². The van der Waals surface area contributed by atoms with Gasteiger partial charge in [0.25, 0.3) is 10.0 Å². The molecule has 0 aliphatic carbocycles. The average molecular weight is 697 g/mol. The molecule has 0 saturated carbocycles. The van der Waals surface area contributed by atoms with Crippen LogP contribution in [-0.2, 0) is 32.6 Å². The zero-order valence-corrected chi connectivity index (χ0v) is 29.0. The highest BCUT2D eigenvalue weighted by molar-refractivity contribution is 7.92. The first kappa shape index (κ1) is 35.8. The highest BCUT2D eigenvalue weighted by Crippen LogP contribution is 2.33. The molecule has 0 saturated heterocycles. The Kier molecular flexibility index (Phi) is 12.7. The van der Waals surface area contributed by atoms with Gasteiger partial charge in [0.05, 0.1) is 27.2 Å². The van der Waals surface area contributed by atoms with Crippen LogP contribution in [0.15, 0.2) is 102 Å². The van der Waals surface area contributed by atoms with E-state index >= 15 is 0 Å². The first-order valence-electron chi connectivity index (χ1n) is 15.4. The number of para-hydroxylation sites is 2. The van der Waals surface area contributed by atoms with Crippen LogP contribution in [0.4, 0.5) is 5.69 Å². The zero-order chi connectivity index (χ0) is 34.0. The van der Waals surface area contributed by atoms with Crippen LogP contribution < -0.4 is 14.4 Å². The molecule has 4 aromatic rings. The van der Waals surface area contributed by atoms with Gasteiger partial charge in [-0.05, 0) is 67.8 Å². The molecule has 1 N–H and O–H groups in total. The maximum absolute atomic E-state index is 14.6. The number of carbonyl (C=O) groups excluding carboxylic acids is 2. The summed E-state index contributed by atoms with van der Waals surface area (Å²) < 4.78 is 35.5. The molecule has 0 aliphatic rings. The lowest BCUT2D eigenvalue weighted by Gasteiger charge is -2.34. The van der Waals surface area contributed by atoms with E-state index in [0.717, 1.165) is 15.4 Å². The van der Waals surface area contributed by atoms with Crippen molar-refractivity contribution < 1.29 is 22.7 Å². The second-order valence-electron chi connectivity index (χ2n) is 11.0. The molecule has 0 bridgehead atoms. The Labute approximate surface area is 287 Å². The first-order valence-corrected chi connectivity index (χ1v) is 17.6. The zero-order valence-electron chi connectivity index (χ0n) is 26.7. The van der Waals surface area contributed by atoms with Crippen LogP contribution in [-0.4, -0.2) is 50.9 Å². The molecule has 47 heavy (non-hydrogen) atoms. The molecule has 248 valence electrons. The lowest BCUT2D eigenvalue weighted by Crippen LogP contribution is -2.53. The fourth-order valence-electron chi connectivity index (χ4n) is 5.05. The van der Waals surface area contributed by atoms with Gasteiger partial charge in [0, 0.05) is 19.5 Å². The number of rotatable bonds is 15. The maximum Gasteiger partial charge on any atom is 0.264 e. The fourth-order valence-corrected chi connectivity index (χ4v) is 6.79. The van der Waals surface area contributed by atoms with Gasteiger partial charge in [0.2, 0.25) is 11.8 Å². The molecule has 0 unspecified atom stereocenters. The van der Waals surface area contributed by atoms with Gasteiger partial charge >= 0.3 is 0 Å². The van der Waals surface area contributed by atoms with Crippen LogP contribution in [0.3, 0.4) is 0 Å². The molecule has 0 fully saturated rings. The third-order valence-electron chi connectivity index (χ3n) is 7.48. The number of ether oxygens (including phenoxy) is 1. The van der Waals surface area contributed by atoms with Crippen molar-refractivity contribution in [2.24, 2.45) is 0 Å². The molecule has 2 amide bonds. The van der Waals surface area contributed by atoms with Gasteiger partial charge in [0.15, 0.2) is 0 Å². The SMILES string of the molecule is CCCNC(=O)[C@H](Cc1ccccc1)N(Cc1ccc(Cl)c(Cl)c1)C(=O)CN(c1ccccc1OCC)S(=O)(=O)c1ccc(C)cc1. The number of hydrogen-bond donors (Lipinski definition) is 1. The van der Waals surface area contributed by atoms with E-state index < -0.39 is 28.5 Å². The molecule has 0 radical (unpaired) electrons. The van der Waals surface area contributed by atoms with Gasteiger partial charge in [-0.2, -0.15) is 0 Å². The minimum absolute atomic E-state index is 0.0137. The van der Waals surface area contributed by atoms with E-state index in [9.17, 15) is 18.0 Å². The molecular formula is C36H39Cl2N3O5S. The van der Waals surface area contributed by atoms with Crippen molar-refractivity contribution >= 4 is 50.7 Å². The number of halogens is 2. The molecule has 0 spiro atoms. The molecule has 4 rings (SSSR count). The van der Waals surface area contributed by atoms with E-state index in [1.807, 2.05) is 44.2 Å². The van der Waals surface area contributed by atoms with Crippen molar-refractivity contribution in [3.63, 3.8) is 0 Å². The lowest BCUT2D eigenvalue weighted by molar-refractivity contribution is -0.140. The van der Waals surface area contributed by atoms with Gasteiger partial charge in [-0.25, -0.2) is 8.42 Å². The molecular weight excluding hydrogens is 657 g/mol. The molecule has 0 aliphatic heterocycles. The standard InChI is InChI=1S/C36H39Cl2N3O5S/c1-4-21-39-36(43)33(23-27-11-7-6-8-12-27)40(24-28-17-20-30(37)31(38)22-28)35(42)25-41(32-13-9-10-14-34(32)46-5-2)47(44,45)29-18-15-26(3)16-19-29/h6-20,22,33H,4-5,21,23-25H2,1-3H3,(H,39,43)/t33-/m0/s1. The summed E-state index contributed by atoms with van der Waals surface area (Å²) in [5, 5.41) is 3.57. The van der Waals surface area contributed by atoms with Crippen LogP contribution in [0.5, 0.6) is 5.75 Å². The summed E-state index contributed by atoms with van der Waals surface area (Å²) in [6, 6.07) is 26.5. The summed E-state index contributed by atoms with van der Waals surface area (Å²) >= 11 is 12.5. The van der Waals surface area contributed by atoms with Gasteiger partial charge in [-0.3, -0.25) is 13.9 Å². The fraction of sp³-hybridized carbons (Fsp3) is 0.278. The number of benzene rings is 4. The summed E-state index contributed by atoms with van der Waals surface area (Å²) in [5.41, 5.74) is 2.54. The van der Waals surface area contributed by atoms with E-state index in [2.05, 4.69) is 5.32 Å². The van der Waals surface area contributed by atoms with Gasteiger partial charge < -0.3 is 15.0 Å². The summed E-state index contributed by atoms with van der Waals surface area (Å²) in [6.45, 7) is 5.65. The van der Waals surface area contributed by atoms with Crippen molar-refractivity contribution in [3.05, 3.63) is 124 Å². The highest BCUT2D eigenvalue weighted by atomic mass is 35.5. The molecule has 4 aromatic carbocycles. The third kappa shape index (κ3) is 9.28. The molecule has 11 heteroatoms. The molecule has 1 atom stereocenters. The molecule has 8 nitrogen and oxygen atoms in total. The van der Waals surface area contributed by atoms with Crippen molar-refractivity contribution in [3.8, 4) is 5.75 Å². The summed E-state index contributed by atoms with van der Waals surface area (Å²) in [6.07, 6.45) is 0.894. The van der Waals surface area contributed by atoms with Crippen LogP contribution in [0.1, 0.15) is 37.0 Å². The number of carbonyl (C=O) groups is 2. The lowest BCUT2D eigenvalue weighted by atomic mass is 10.0. The summed E-state index contributed by atoms with van der Waals surface area (Å²) in [7, 11) is -4.28. The predicted molar refractivity (Wildman–Crippen MR) is 188 cm³/mol. The van der Waals surface area contributed by atoms with Crippen molar-refractivity contribution in [1.29, 1.82) is 0 Å². The topological polar surface area (TPSA) is 96.0 Å². The predicted octanol–water partition coefficient (Wildman–Crippen LogP) is 7.06. The Hall–Kier alpha value is -4.05. The Bertz CT molecular complexity index is 1770. The average Bonchev–Trinajstić information content (AvgIpc) is 3.06. The quantitative estimate of drug-likeness (QED) is 0.144. The minimum Gasteiger partial charge on any atom is -0.492 e. The number of aryl methyl sites for hydroxylation is 1. The Morgan fingerprint density at radius 3 is 2.19 bits per heavy atom. The maximum atomic E-state index is 14.6. The monoisotopic (exact) mass is 695 g/mol. The number of amides is 2. The van der Waals surface area contributed by atoms with Gasteiger partial charge in [-0.1, -0.05) is 96.4 Å². The van der Waals surface area contributed by atoms with Crippen LogP contribution in [0.25, 0.3) is 0 Å². The number of nitrogens with one attached hydrogen (secondary N) is 1. The van der Waals surface area contributed by atoms with E-state index in [4.69, 9.17) is 27.9 Å². The largest absolute Gasteiger partial charge is 0.492 e. The normalized spacial score (nSPS) is 11.9. The minimum atomic E-state index is -4.28. The number of anilines is 1. The number of sulfonamides is 1. The van der Waals surface area contributed by atoms with Gasteiger partial charge in [-0.15, -0.1) is 0 Å². The van der Waals surface area contributed by atoms with E-state index in [0.29, 0.717) is 34.3 Å². The number of nitrogens with zero attached hydrogens (tertiary/aromatic N) is 2. The Morgan fingerprint density at radius 1 is 0.851 bits per heavy atom. The summed E-state index contributed by atoms with van der Waals surface area (Å²) in [4.78, 5) is 29.9. The van der Waals surface area contributed by atoms with E-state index in [1.165, 1.54) is 17.0 Å². The van der Waals surface area contributed by atoms with Crippen molar-refractivity contribution in [2.45, 2.75) is 51.1 Å². The molecule has 0 heterocycles. The first-order chi connectivity index (χ1) is 22.5. The Balaban J connectivity index is 1.84. The van der Waals surface area contributed by atoms with E-state index in [1.54, 1.807) is 61.5 Å². The second kappa shape index (κ2) is 16.7. The summed E-state index contributed by atoms with van der Waals surface area (Å²) in [5.74, 6) is -0.645. The van der Waals surface area contributed by atoms with E-state index in [-0.39, 0.29) is 36.1 Å². The van der Waals surface area contributed by atoms with Crippen molar-refractivity contribution in [2.75, 3.05) is 24.0 Å². The van der Waals surface area contributed by atoms with Crippen LogP contribution >= 0.6 is 23.2 Å². The number of hydrogen-bond acceptors (Lipinski definition) is 5.